The van der Waals surface area contributed by atoms with E-state index in [2.05, 4.69) is 25.3 Å². The van der Waals surface area contributed by atoms with Gasteiger partial charge in [-0.3, -0.25) is 0 Å². The van der Waals surface area contributed by atoms with Gasteiger partial charge in [0.15, 0.2) is 0 Å². The van der Waals surface area contributed by atoms with Crippen molar-refractivity contribution in [2.24, 2.45) is 4.40 Å². The van der Waals surface area contributed by atoms with Gasteiger partial charge in [0.1, 0.15) is 15.6 Å². The Morgan fingerprint density at radius 1 is 1.35 bits per heavy atom. The monoisotopic (exact) mass is 366 g/mol. The number of pyridine rings is 1. The lowest BCUT2D eigenvalue weighted by Crippen LogP contribution is -2.24. The molecule has 112 valence electrons. The molecule has 0 aromatic carbocycles. The van der Waals surface area contributed by atoms with Crippen LogP contribution in [0.4, 0.5) is 8.78 Å². The molecule has 1 heterocycles. The maximum atomic E-state index is 13.3. The van der Waals surface area contributed by atoms with Gasteiger partial charge in [-0.25, -0.2) is 18.0 Å². The molecule has 0 saturated carbocycles. The predicted molar refractivity (Wildman–Crippen MR) is 81.6 cm³/mol. The third-order valence-electron chi connectivity index (χ3n) is 2.21. The van der Waals surface area contributed by atoms with Crippen molar-refractivity contribution in [2.45, 2.75) is 44.8 Å². The van der Waals surface area contributed by atoms with Gasteiger partial charge in [-0.15, -0.1) is 0 Å². The summed E-state index contributed by atoms with van der Waals surface area (Å²) in [6.45, 7) is 6.02. The number of rotatable bonds is 4. The first-order chi connectivity index (χ1) is 8.99. The lowest BCUT2D eigenvalue weighted by atomic mass is 10.1. The highest BCUT2D eigenvalue weighted by Crippen LogP contribution is 2.22. The van der Waals surface area contributed by atoms with Crippen molar-refractivity contribution in [1.82, 2.24) is 4.98 Å². The maximum Gasteiger partial charge on any atom is 0.251 e. The van der Waals surface area contributed by atoms with E-state index in [1.54, 1.807) is 39.0 Å². The topological polar surface area (TPSA) is 42.3 Å². The Kier molecular flexibility index (Phi) is 5.54. The first-order valence-corrected chi connectivity index (χ1v) is 7.89. The molecule has 1 rings (SSSR count). The fraction of sp³-hybridized carbons (Fsp3) is 0.538. The largest absolute Gasteiger partial charge is 0.251 e. The van der Waals surface area contributed by atoms with Crippen LogP contribution in [0.1, 0.15) is 39.8 Å². The molecule has 0 amide bonds. The summed E-state index contributed by atoms with van der Waals surface area (Å²) in [7, 11) is -1.61. The quantitative estimate of drug-likeness (QED) is 0.593. The van der Waals surface area contributed by atoms with Gasteiger partial charge in [0.05, 0.1) is 22.6 Å². The Labute approximate surface area is 128 Å². The average molecular weight is 367 g/mol. The molecule has 0 aliphatic heterocycles. The molecule has 0 bridgehead atoms. The first kappa shape index (κ1) is 17.4. The SMILES string of the molecule is CC(F)(F)C/C(=N/[S@](=O)C(C)(C)C)c1cccc(Br)n1. The van der Waals surface area contributed by atoms with E-state index < -0.39 is 28.1 Å². The predicted octanol–water partition coefficient (Wildman–Crippen LogP) is 4.14. The summed E-state index contributed by atoms with van der Waals surface area (Å²) in [6, 6.07) is 4.94. The van der Waals surface area contributed by atoms with Crippen molar-refractivity contribution in [3.05, 3.63) is 28.5 Å². The Bertz CT molecular complexity index is 536. The van der Waals surface area contributed by atoms with Crippen molar-refractivity contribution < 1.29 is 13.0 Å². The number of aromatic nitrogens is 1. The van der Waals surface area contributed by atoms with Gasteiger partial charge in [-0.2, -0.15) is 4.40 Å². The minimum Gasteiger partial charge on any atom is -0.240 e. The van der Waals surface area contributed by atoms with Crippen LogP contribution >= 0.6 is 15.9 Å². The van der Waals surface area contributed by atoms with Crippen LogP contribution < -0.4 is 0 Å². The standard InChI is InChI=1S/C13H17BrF2N2OS/c1-12(2,3)20(19)18-10(8-13(4,15)16)9-6-5-7-11(14)17-9/h5-7H,8H2,1-4H3/b18-10-/t20-/m1/s1. The average Bonchev–Trinajstić information content (AvgIpc) is 2.25. The Balaban J connectivity index is 3.22. The molecule has 3 nitrogen and oxygen atoms in total. The van der Waals surface area contributed by atoms with Gasteiger partial charge in [0.25, 0.3) is 5.92 Å². The lowest BCUT2D eigenvalue weighted by molar-refractivity contribution is 0.0304. The van der Waals surface area contributed by atoms with Crippen LogP contribution in [0.2, 0.25) is 0 Å². The minimum absolute atomic E-state index is 0.0482. The molecule has 1 aromatic heterocycles. The molecule has 20 heavy (non-hydrogen) atoms. The second-order valence-electron chi connectivity index (χ2n) is 5.49. The molecule has 0 fully saturated rings. The fourth-order valence-electron chi connectivity index (χ4n) is 1.27. The smallest absolute Gasteiger partial charge is 0.240 e. The van der Waals surface area contributed by atoms with Crippen molar-refractivity contribution in [3.63, 3.8) is 0 Å². The lowest BCUT2D eigenvalue weighted by Gasteiger charge is -2.17. The normalized spacial score (nSPS) is 15.2. The molecule has 0 saturated heterocycles. The van der Waals surface area contributed by atoms with Crippen molar-refractivity contribution in [3.8, 4) is 0 Å². The second kappa shape index (κ2) is 6.39. The third kappa shape index (κ3) is 5.75. The number of nitrogens with zero attached hydrogens (tertiary/aromatic N) is 2. The fourth-order valence-corrected chi connectivity index (χ4v) is 2.25. The summed E-state index contributed by atoms with van der Waals surface area (Å²) < 4.78 is 42.5. The molecule has 1 atom stereocenters. The van der Waals surface area contributed by atoms with Crippen LogP contribution in [0.3, 0.4) is 0 Å². The highest BCUT2D eigenvalue weighted by Gasteiger charge is 2.28. The van der Waals surface area contributed by atoms with Crippen LogP contribution in [0, 0.1) is 0 Å². The van der Waals surface area contributed by atoms with E-state index in [9.17, 15) is 13.0 Å². The zero-order valence-corrected chi connectivity index (χ0v) is 14.2. The van der Waals surface area contributed by atoms with Gasteiger partial charge in [-0.05, 0) is 55.8 Å². The van der Waals surface area contributed by atoms with Crippen LogP contribution in [0.5, 0.6) is 0 Å². The highest BCUT2D eigenvalue weighted by molar-refractivity contribution is 9.10. The van der Waals surface area contributed by atoms with Gasteiger partial charge < -0.3 is 0 Å². The second-order valence-corrected chi connectivity index (χ2v) is 8.21. The molecule has 0 N–H and O–H groups in total. The molecule has 0 unspecified atom stereocenters. The van der Waals surface area contributed by atoms with Gasteiger partial charge in [0, 0.05) is 0 Å². The van der Waals surface area contributed by atoms with E-state index in [-0.39, 0.29) is 5.71 Å². The Hall–Kier alpha value is -0.690. The summed E-state index contributed by atoms with van der Waals surface area (Å²) in [5.41, 5.74) is 0.352. The molecule has 7 heteroatoms. The molecule has 0 spiro atoms. The number of hydrogen-bond acceptors (Lipinski definition) is 2. The number of halogens is 3. The summed E-state index contributed by atoms with van der Waals surface area (Å²) in [6.07, 6.45) is -0.599. The van der Waals surface area contributed by atoms with Crippen LogP contribution in [-0.4, -0.2) is 25.6 Å². The zero-order chi connectivity index (χ0) is 15.6. The van der Waals surface area contributed by atoms with E-state index >= 15 is 0 Å². The number of alkyl halides is 2. The molecule has 0 aliphatic rings. The molecular formula is C13H17BrF2N2OS. The van der Waals surface area contributed by atoms with Crippen molar-refractivity contribution in [1.29, 1.82) is 0 Å². The van der Waals surface area contributed by atoms with E-state index in [0.717, 1.165) is 6.92 Å². The van der Waals surface area contributed by atoms with Crippen molar-refractivity contribution in [2.75, 3.05) is 0 Å². The van der Waals surface area contributed by atoms with Gasteiger partial charge in [-0.1, -0.05) is 6.07 Å². The molecular weight excluding hydrogens is 350 g/mol. The maximum absolute atomic E-state index is 13.3. The zero-order valence-electron chi connectivity index (χ0n) is 11.8. The molecule has 0 aliphatic carbocycles. The Morgan fingerprint density at radius 3 is 2.40 bits per heavy atom. The molecule has 1 aromatic rings. The van der Waals surface area contributed by atoms with E-state index in [0.29, 0.717) is 10.3 Å². The first-order valence-electron chi connectivity index (χ1n) is 5.99. The third-order valence-corrected chi connectivity index (χ3v) is 4.08. The van der Waals surface area contributed by atoms with E-state index in [1.165, 1.54) is 0 Å². The Morgan fingerprint density at radius 2 is 1.95 bits per heavy atom. The van der Waals surface area contributed by atoms with Gasteiger partial charge >= 0.3 is 0 Å². The van der Waals surface area contributed by atoms with E-state index in [1.807, 2.05) is 0 Å². The minimum atomic E-state index is -2.94. The van der Waals surface area contributed by atoms with E-state index in [4.69, 9.17) is 0 Å². The summed E-state index contributed by atoms with van der Waals surface area (Å²) in [4.78, 5) is 4.11. The van der Waals surface area contributed by atoms with Crippen LogP contribution in [0.25, 0.3) is 0 Å². The molecule has 0 radical (unpaired) electrons. The van der Waals surface area contributed by atoms with Crippen molar-refractivity contribution >= 4 is 32.6 Å². The van der Waals surface area contributed by atoms with Crippen LogP contribution in [-0.2, 0) is 11.0 Å². The van der Waals surface area contributed by atoms with Crippen LogP contribution in [0.15, 0.2) is 27.2 Å². The van der Waals surface area contributed by atoms with Gasteiger partial charge in [0.2, 0.25) is 0 Å². The summed E-state index contributed by atoms with van der Waals surface area (Å²) in [5, 5.41) is 0. The summed E-state index contributed by atoms with van der Waals surface area (Å²) >= 11 is 3.19. The highest BCUT2D eigenvalue weighted by atomic mass is 79.9. The number of hydrogen-bond donors (Lipinski definition) is 0. The summed E-state index contributed by atoms with van der Waals surface area (Å²) in [5.74, 6) is -2.94.